The summed E-state index contributed by atoms with van der Waals surface area (Å²) in [4.78, 5) is 206. The standard InChI is InChI=1S/C71H98N12O26S2/c1-5-41(4)61(81-69(99)55-18-12-34-82(55)70(100)49(29-32-59(88)89)77-65(95)51(37-42-14-8-6-9-15-42)74-57(85)30-33-60(90)91)71(101)83-35-13-17-54(83)68(98)76-48(28-31-58(86)87)63(93)79-52(38-43-20-24-45(25-21-43)108-110(102,103)104)67(97)80-53(39-44-22-26-46(27-23-44)109-111(105,106)107)66(96)78-50(36-40(2)3)64(94)75-47(62(73)92)16-10-7-11-19-56(72)84/h6,8-9,14-15,20-27,40-41,47-55,61H,5,7,10-13,16-19,28-39H2,1-4H3,(H2,72,84)(H2,73,92)(H,74,85)(H,75,94)(H,76,98)(H,77,95)(H,78,96)(H,79,93)(H,80,97)(H,81,99)(H,86,87)(H,88,89)(H,90,91)(H,102,103,104)(H,105,106,107)/t41-,47-,48-,49-,50-,51-,52-,53-,54-,55-,61-/m0/s1. The zero-order valence-electron chi connectivity index (χ0n) is 61.7. The Kier molecular flexibility index (Phi) is 35.6. The molecule has 11 atom stereocenters. The molecule has 0 radical (unpaired) electrons. The number of hydrogen-bond acceptors (Lipinski definition) is 21. The van der Waals surface area contributed by atoms with Gasteiger partial charge in [-0.25, -0.2) is 0 Å². The quantitative estimate of drug-likeness (QED) is 0.0251. The third kappa shape index (κ3) is 31.6. The first-order valence-electron chi connectivity index (χ1n) is 36.0. The number of amides is 12. The van der Waals surface area contributed by atoms with Crippen LogP contribution in [0.4, 0.5) is 0 Å². The minimum atomic E-state index is -5.06. The number of primary amides is 2. The van der Waals surface area contributed by atoms with Gasteiger partial charge in [-0.15, -0.1) is 0 Å². The molecule has 17 N–H and O–H groups in total. The molecule has 3 aromatic rings. The highest BCUT2D eigenvalue weighted by molar-refractivity contribution is 7.81. The summed E-state index contributed by atoms with van der Waals surface area (Å²) < 4.78 is 74.1. The molecular weight excluding hydrogens is 1500 g/mol. The van der Waals surface area contributed by atoms with E-state index >= 15 is 4.79 Å². The average molecular weight is 1600 g/mol. The van der Waals surface area contributed by atoms with E-state index < -0.39 is 239 Å². The number of carboxylic acid groups (broad SMARTS) is 3. The van der Waals surface area contributed by atoms with E-state index in [2.05, 4.69) is 50.9 Å². The van der Waals surface area contributed by atoms with Crippen molar-refractivity contribution in [1.29, 1.82) is 0 Å². The third-order valence-electron chi connectivity index (χ3n) is 18.3. The number of nitrogens with one attached hydrogen (secondary N) is 8. The molecule has 0 aromatic heterocycles. The monoisotopic (exact) mass is 1600 g/mol. The first kappa shape index (κ1) is 90.7. The lowest BCUT2D eigenvalue weighted by Gasteiger charge is -2.34. The Morgan fingerprint density at radius 2 is 0.874 bits per heavy atom. The van der Waals surface area contributed by atoms with Gasteiger partial charge in [0.25, 0.3) is 0 Å². The maximum atomic E-state index is 15.1. The molecule has 111 heavy (non-hydrogen) atoms. The Bertz CT molecular complexity index is 4040. The summed E-state index contributed by atoms with van der Waals surface area (Å²) in [5.74, 6) is -17.0. The number of nitrogens with zero attached hydrogens (tertiary/aromatic N) is 2. The molecule has 610 valence electrons. The van der Waals surface area contributed by atoms with Crippen LogP contribution >= 0.6 is 0 Å². The number of carbonyl (C=O) groups is 15. The second kappa shape index (κ2) is 43.5. The predicted molar refractivity (Wildman–Crippen MR) is 391 cm³/mol. The van der Waals surface area contributed by atoms with Gasteiger partial charge in [0.05, 0.1) is 6.42 Å². The molecule has 0 aliphatic carbocycles. The number of aliphatic carboxylic acids is 3. The van der Waals surface area contributed by atoms with Crippen LogP contribution in [0.5, 0.6) is 11.5 Å². The van der Waals surface area contributed by atoms with Gasteiger partial charge in [0, 0.05) is 58.0 Å². The summed E-state index contributed by atoms with van der Waals surface area (Å²) >= 11 is 0. The zero-order chi connectivity index (χ0) is 82.4. The molecular formula is C71H98N12O26S2. The summed E-state index contributed by atoms with van der Waals surface area (Å²) in [6.45, 7) is 6.57. The SMILES string of the molecule is CC[C@H](C)[C@H](NC(=O)[C@@H]1CCCN1C(=O)[C@H](CCC(=O)O)NC(=O)[C@H](Cc1ccccc1)NC(=O)CCC(=O)O)C(=O)N1CCC[C@H]1C(=O)N[C@@H](CCC(=O)O)C(=O)N[C@@H](Cc1ccc(OS(=O)(=O)O)cc1)C(=O)N[C@@H](Cc1ccc(OS(=O)(=O)O)cc1)C(=O)N[C@@H](CC(C)C)C(=O)N[C@@H](CCCCCC(N)=O)C(N)=O. The lowest BCUT2D eigenvalue weighted by molar-refractivity contribution is -0.146. The van der Waals surface area contributed by atoms with Crippen LogP contribution in [0.1, 0.15) is 154 Å². The first-order valence-corrected chi connectivity index (χ1v) is 38.8. The van der Waals surface area contributed by atoms with E-state index in [1.54, 1.807) is 58.0 Å². The molecule has 2 aliphatic heterocycles. The Morgan fingerprint density at radius 1 is 0.459 bits per heavy atom. The van der Waals surface area contributed by atoms with Crippen molar-refractivity contribution in [2.45, 2.75) is 217 Å². The van der Waals surface area contributed by atoms with E-state index in [1.807, 2.05) is 0 Å². The van der Waals surface area contributed by atoms with E-state index in [1.165, 1.54) is 24.3 Å². The van der Waals surface area contributed by atoms with Gasteiger partial charge >= 0.3 is 38.7 Å². The van der Waals surface area contributed by atoms with E-state index in [9.17, 15) is 108 Å². The van der Waals surface area contributed by atoms with Crippen LogP contribution < -0.4 is 62.4 Å². The first-order chi connectivity index (χ1) is 52.2. The molecule has 0 saturated carbocycles. The van der Waals surface area contributed by atoms with E-state index in [0.29, 0.717) is 24.8 Å². The summed E-state index contributed by atoms with van der Waals surface area (Å²) in [7, 11) is -10.1. The molecule has 38 nitrogen and oxygen atoms in total. The van der Waals surface area contributed by atoms with Crippen LogP contribution in [0.15, 0.2) is 78.9 Å². The molecule has 2 aliphatic rings. The van der Waals surface area contributed by atoms with Gasteiger partial charge < -0.3 is 87.5 Å². The van der Waals surface area contributed by atoms with Gasteiger partial charge in [-0.2, -0.15) is 16.8 Å². The molecule has 0 spiro atoms. The lowest BCUT2D eigenvalue weighted by atomic mass is 9.96. The maximum Gasteiger partial charge on any atom is 0.446 e. The fourth-order valence-corrected chi connectivity index (χ4v) is 13.2. The van der Waals surface area contributed by atoms with Crippen LogP contribution in [-0.2, 0) is 112 Å². The number of carboxylic acids is 3. The van der Waals surface area contributed by atoms with E-state index in [4.69, 9.17) is 11.5 Å². The highest BCUT2D eigenvalue weighted by Gasteiger charge is 2.44. The molecule has 0 unspecified atom stereocenters. The summed E-state index contributed by atoms with van der Waals surface area (Å²) in [5, 5.41) is 49.3. The fourth-order valence-electron chi connectivity index (χ4n) is 12.5. The fraction of sp³-hybridized carbons (Fsp3) is 0.535. The van der Waals surface area contributed by atoms with Gasteiger partial charge in [-0.05, 0) is 111 Å². The Morgan fingerprint density at radius 3 is 1.32 bits per heavy atom. The topological polar surface area (TPSA) is 599 Å². The van der Waals surface area contributed by atoms with Gasteiger partial charge in [0.15, 0.2) is 0 Å². The number of hydrogen-bond donors (Lipinski definition) is 15. The average Bonchev–Trinajstić information content (AvgIpc) is 1.71. The van der Waals surface area contributed by atoms with Crippen LogP contribution in [0, 0.1) is 11.8 Å². The normalized spacial score (nSPS) is 16.6. The minimum Gasteiger partial charge on any atom is -0.481 e. The van der Waals surface area contributed by atoms with Gasteiger partial charge in [0.2, 0.25) is 70.9 Å². The van der Waals surface area contributed by atoms with Crippen molar-refractivity contribution < 1.29 is 122 Å². The number of nitrogens with two attached hydrogens (primary N) is 2. The van der Waals surface area contributed by atoms with Crippen molar-refractivity contribution in [1.82, 2.24) is 52.3 Å². The van der Waals surface area contributed by atoms with Crippen LogP contribution in [0.2, 0.25) is 0 Å². The highest BCUT2D eigenvalue weighted by Crippen LogP contribution is 2.26. The third-order valence-corrected chi connectivity index (χ3v) is 19.1. The van der Waals surface area contributed by atoms with Crippen molar-refractivity contribution >= 4 is 110 Å². The number of carbonyl (C=O) groups excluding carboxylic acids is 12. The number of unbranched alkanes of at least 4 members (excludes halogenated alkanes) is 2. The number of likely N-dealkylation sites (tertiary alicyclic amines) is 2. The molecule has 40 heteroatoms. The molecule has 2 heterocycles. The molecule has 0 bridgehead atoms. The number of benzene rings is 3. The lowest BCUT2D eigenvalue weighted by Crippen LogP contribution is -2.61. The molecule has 3 aromatic carbocycles. The van der Waals surface area contributed by atoms with Gasteiger partial charge in [0.1, 0.15) is 71.9 Å². The predicted octanol–water partition coefficient (Wildman–Crippen LogP) is -0.454. The number of rotatable bonds is 47. The molecule has 2 fully saturated rings. The van der Waals surface area contributed by atoms with Crippen molar-refractivity contribution in [3.63, 3.8) is 0 Å². The Balaban J connectivity index is 1.45. The largest absolute Gasteiger partial charge is 0.481 e. The molecule has 5 rings (SSSR count). The van der Waals surface area contributed by atoms with Crippen LogP contribution in [-0.4, -0.2) is 213 Å². The zero-order valence-corrected chi connectivity index (χ0v) is 63.3. The van der Waals surface area contributed by atoms with Crippen molar-refractivity contribution in [3.05, 3.63) is 95.6 Å². The van der Waals surface area contributed by atoms with E-state index in [-0.39, 0.29) is 87.9 Å². The molecule has 2 saturated heterocycles. The Hall–Kier alpha value is -10.9. The summed E-state index contributed by atoms with van der Waals surface area (Å²) in [6.07, 6.45) is -3.08. The van der Waals surface area contributed by atoms with Crippen molar-refractivity contribution in [2.24, 2.45) is 23.3 Å². The minimum absolute atomic E-state index is 0.0248. The Labute approximate surface area is 640 Å². The van der Waals surface area contributed by atoms with Gasteiger partial charge in [-0.1, -0.05) is 102 Å². The van der Waals surface area contributed by atoms with Gasteiger partial charge in [-0.3, -0.25) is 81.0 Å². The summed E-state index contributed by atoms with van der Waals surface area (Å²) in [6, 6.07) is 2.27. The van der Waals surface area contributed by atoms with E-state index in [0.717, 1.165) is 34.1 Å². The van der Waals surface area contributed by atoms with Crippen LogP contribution in [0.3, 0.4) is 0 Å². The maximum absolute atomic E-state index is 15.1. The second-order valence-corrected chi connectivity index (χ2v) is 29.5. The second-order valence-electron chi connectivity index (χ2n) is 27.5. The van der Waals surface area contributed by atoms with Crippen molar-refractivity contribution in [2.75, 3.05) is 13.1 Å². The van der Waals surface area contributed by atoms with Crippen molar-refractivity contribution in [3.8, 4) is 11.5 Å². The molecule has 12 amide bonds. The smallest absolute Gasteiger partial charge is 0.446 e. The van der Waals surface area contributed by atoms with Crippen LogP contribution in [0.25, 0.3) is 0 Å². The summed E-state index contributed by atoms with van der Waals surface area (Å²) in [5.41, 5.74) is 11.8. The highest BCUT2D eigenvalue weighted by atomic mass is 32.3.